The Balaban J connectivity index is 1.36. The summed E-state index contributed by atoms with van der Waals surface area (Å²) in [5.74, 6) is 0.515. The Morgan fingerprint density at radius 3 is 2.76 bits per heavy atom. The predicted molar refractivity (Wildman–Crippen MR) is 110 cm³/mol. The molecule has 6 heteroatoms. The van der Waals surface area contributed by atoms with Crippen LogP contribution in [-0.4, -0.2) is 65.5 Å². The first kappa shape index (κ1) is 19.2. The second-order valence-electron chi connectivity index (χ2n) is 9.86. The van der Waals surface area contributed by atoms with Gasteiger partial charge in [0, 0.05) is 57.1 Å². The highest BCUT2D eigenvalue weighted by Gasteiger charge is 2.62. The zero-order valence-electron chi connectivity index (χ0n) is 17.5. The quantitative estimate of drug-likeness (QED) is 0.775. The Kier molecular flexibility index (Phi) is 4.76. The van der Waals surface area contributed by atoms with Crippen LogP contribution in [0.2, 0.25) is 0 Å². The molecule has 0 unspecified atom stereocenters. The number of morpholine rings is 1. The summed E-state index contributed by atoms with van der Waals surface area (Å²) in [5.41, 5.74) is 2.72. The second kappa shape index (κ2) is 7.18. The zero-order chi connectivity index (χ0) is 20.1. The number of ether oxygens (including phenoxy) is 1. The first-order valence-electron chi connectivity index (χ1n) is 10.8. The fourth-order valence-corrected chi connectivity index (χ4v) is 6.32. The van der Waals surface area contributed by atoms with Crippen molar-refractivity contribution in [2.75, 3.05) is 45.9 Å². The van der Waals surface area contributed by atoms with E-state index in [9.17, 15) is 4.39 Å². The zero-order valence-corrected chi connectivity index (χ0v) is 17.5. The molecule has 2 saturated heterocycles. The fraction of sp³-hybridized carbons (Fsp3) is 0.609. The van der Waals surface area contributed by atoms with E-state index < -0.39 is 0 Å². The van der Waals surface area contributed by atoms with E-state index in [2.05, 4.69) is 28.7 Å². The van der Waals surface area contributed by atoms with Gasteiger partial charge in [-0.2, -0.15) is 5.10 Å². The fourth-order valence-electron chi connectivity index (χ4n) is 6.32. The van der Waals surface area contributed by atoms with Gasteiger partial charge in [0.2, 0.25) is 0 Å². The molecule has 1 aromatic carbocycles. The standard InChI is InChI=1S/C23H31FN4O/c1-22(2)15-23(16-26-8-10-29-11-9-26)17-27(14-21(22)23)13-18-12-19(24)4-5-20(18)28-7-3-6-25-28/h3-7,12,21H,8-11,13-17H2,1-2H3/t21-,23+/m1/s1. The molecule has 0 spiro atoms. The normalized spacial score (nSPS) is 29.6. The molecule has 3 aliphatic rings. The third-order valence-corrected chi connectivity index (χ3v) is 7.30. The van der Waals surface area contributed by atoms with Gasteiger partial charge >= 0.3 is 0 Å². The van der Waals surface area contributed by atoms with Crippen molar-refractivity contribution >= 4 is 0 Å². The number of likely N-dealkylation sites (tertiary alicyclic amines) is 1. The van der Waals surface area contributed by atoms with Gasteiger partial charge in [-0.05, 0) is 47.6 Å². The Morgan fingerprint density at radius 1 is 1.21 bits per heavy atom. The van der Waals surface area contributed by atoms with Crippen LogP contribution in [0.15, 0.2) is 36.7 Å². The number of halogens is 1. The van der Waals surface area contributed by atoms with Crippen molar-refractivity contribution in [3.63, 3.8) is 0 Å². The van der Waals surface area contributed by atoms with Gasteiger partial charge in [0.05, 0.1) is 18.9 Å². The van der Waals surface area contributed by atoms with Gasteiger partial charge in [0.1, 0.15) is 5.82 Å². The van der Waals surface area contributed by atoms with Gasteiger partial charge in [0.15, 0.2) is 0 Å². The van der Waals surface area contributed by atoms with Crippen molar-refractivity contribution in [1.29, 1.82) is 0 Å². The smallest absolute Gasteiger partial charge is 0.123 e. The number of benzene rings is 1. The molecule has 1 aliphatic carbocycles. The lowest BCUT2D eigenvalue weighted by molar-refractivity contribution is -0.0966. The van der Waals surface area contributed by atoms with E-state index in [4.69, 9.17) is 4.74 Å². The van der Waals surface area contributed by atoms with Crippen LogP contribution in [0.4, 0.5) is 4.39 Å². The molecule has 3 fully saturated rings. The number of nitrogens with zero attached hydrogens (tertiary/aromatic N) is 4. The summed E-state index contributed by atoms with van der Waals surface area (Å²) in [7, 11) is 0. The lowest BCUT2D eigenvalue weighted by atomic mass is 9.48. The van der Waals surface area contributed by atoms with E-state index in [0.717, 1.165) is 63.7 Å². The van der Waals surface area contributed by atoms with Crippen LogP contribution in [0, 0.1) is 22.6 Å². The first-order valence-corrected chi connectivity index (χ1v) is 10.8. The molecule has 0 amide bonds. The Labute approximate surface area is 172 Å². The molecule has 0 N–H and O–H groups in total. The van der Waals surface area contributed by atoms with E-state index in [1.54, 1.807) is 12.3 Å². The van der Waals surface area contributed by atoms with E-state index >= 15 is 0 Å². The average Bonchev–Trinajstić information content (AvgIpc) is 3.30. The molecule has 2 aromatic rings. The molecule has 5 nitrogen and oxygen atoms in total. The molecule has 0 radical (unpaired) electrons. The van der Waals surface area contributed by atoms with E-state index in [1.807, 2.05) is 23.0 Å². The summed E-state index contributed by atoms with van der Waals surface area (Å²) >= 11 is 0. The van der Waals surface area contributed by atoms with Crippen LogP contribution in [-0.2, 0) is 11.3 Å². The number of hydrogen-bond donors (Lipinski definition) is 0. The topological polar surface area (TPSA) is 33.5 Å². The number of rotatable bonds is 5. The average molecular weight is 399 g/mol. The van der Waals surface area contributed by atoms with Crippen molar-refractivity contribution in [2.45, 2.75) is 26.8 Å². The Bertz CT molecular complexity index is 862. The number of aromatic nitrogens is 2. The molecule has 5 rings (SSSR count). The third kappa shape index (κ3) is 3.51. The van der Waals surface area contributed by atoms with Gasteiger partial charge in [-0.1, -0.05) is 13.8 Å². The Hall–Kier alpha value is -1.76. The molecular weight excluding hydrogens is 367 g/mol. The SMILES string of the molecule is CC1(C)C[C@]2(CN3CCOCC3)CN(Cc3cc(F)ccc3-n3cccn3)C[C@H]12. The largest absolute Gasteiger partial charge is 0.379 e. The highest BCUT2D eigenvalue weighted by atomic mass is 19.1. The van der Waals surface area contributed by atoms with E-state index in [1.165, 1.54) is 12.5 Å². The van der Waals surface area contributed by atoms with Gasteiger partial charge < -0.3 is 4.74 Å². The van der Waals surface area contributed by atoms with E-state index in [-0.39, 0.29) is 5.82 Å². The summed E-state index contributed by atoms with van der Waals surface area (Å²) in [6.45, 7) is 12.7. The van der Waals surface area contributed by atoms with Gasteiger partial charge in [-0.15, -0.1) is 0 Å². The minimum Gasteiger partial charge on any atom is -0.379 e. The minimum absolute atomic E-state index is 0.179. The maximum absolute atomic E-state index is 14.1. The summed E-state index contributed by atoms with van der Waals surface area (Å²) in [4.78, 5) is 5.13. The number of fused-ring (bicyclic) bond motifs is 1. The lowest BCUT2D eigenvalue weighted by Crippen LogP contribution is -2.59. The summed E-state index contributed by atoms with van der Waals surface area (Å²) in [6, 6.07) is 6.95. The highest BCUT2D eigenvalue weighted by Crippen LogP contribution is 2.63. The molecule has 29 heavy (non-hydrogen) atoms. The first-order chi connectivity index (χ1) is 14.0. The van der Waals surface area contributed by atoms with Crippen molar-refractivity contribution in [2.24, 2.45) is 16.7 Å². The molecule has 0 bridgehead atoms. The third-order valence-electron chi connectivity index (χ3n) is 7.30. The van der Waals surface area contributed by atoms with Crippen LogP contribution in [0.25, 0.3) is 5.69 Å². The van der Waals surface area contributed by atoms with Gasteiger partial charge in [0.25, 0.3) is 0 Å². The molecule has 3 heterocycles. The predicted octanol–water partition coefficient (Wildman–Crippen LogP) is 3.19. The monoisotopic (exact) mass is 398 g/mol. The number of hydrogen-bond acceptors (Lipinski definition) is 4. The van der Waals surface area contributed by atoms with Gasteiger partial charge in [-0.3, -0.25) is 9.80 Å². The lowest BCUT2D eigenvalue weighted by Gasteiger charge is -2.58. The van der Waals surface area contributed by atoms with E-state index in [0.29, 0.717) is 16.7 Å². The summed E-state index contributed by atoms with van der Waals surface area (Å²) < 4.78 is 21.5. The van der Waals surface area contributed by atoms with Crippen LogP contribution >= 0.6 is 0 Å². The molecule has 156 valence electrons. The maximum Gasteiger partial charge on any atom is 0.123 e. The summed E-state index contributed by atoms with van der Waals surface area (Å²) in [5, 5.41) is 4.36. The minimum atomic E-state index is -0.179. The van der Waals surface area contributed by atoms with Crippen molar-refractivity contribution in [3.8, 4) is 5.69 Å². The van der Waals surface area contributed by atoms with Crippen molar-refractivity contribution < 1.29 is 9.13 Å². The van der Waals surface area contributed by atoms with Crippen molar-refractivity contribution in [1.82, 2.24) is 19.6 Å². The van der Waals surface area contributed by atoms with Crippen LogP contribution in [0.3, 0.4) is 0 Å². The van der Waals surface area contributed by atoms with Gasteiger partial charge in [-0.25, -0.2) is 9.07 Å². The second-order valence-corrected chi connectivity index (χ2v) is 9.86. The van der Waals surface area contributed by atoms with Crippen LogP contribution in [0.5, 0.6) is 0 Å². The highest BCUT2D eigenvalue weighted by molar-refractivity contribution is 5.41. The molecule has 2 atom stereocenters. The molecule has 2 aliphatic heterocycles. The summed E-state index contributed by atoms with van der Waals surface area (Å²) in [6.07, 6.45) is 4.96. The molecular formula is C23H31FN4O. The van der Waals surface area contributed by atoms with Crippen LogP contribution < -0.4 is 0 Å². The molecule has 1 aromatic heterocycles. The maximum atomic E-state index is 14.1. The van der Waals surface area contributed by atoms with Crippen LogP contribution in [0.1, 0.15) is 25.8 Å². The molecule has 1 saturated carbocycles. The van der Waals surface area contributed by atoms with Crippen molar-refractivity contribution in [3.05, 3.63) is 48.0 Å². The Morgan fingerprint density at radius 2 is 2.03 bits per heavy atom.